The van der Waals surface area contributed by atoms with Crippen LogP contribution >= 0.6 is 11.6 Å². The van der Waals surface area contributed by atoms with E-state index in [1.54, 1.807) is 4.90 Å². The highest BCUT2D eigenvalue weighted by Gasteiger charge is 2.33. The van der Waals surface area contributed by atoms with Crippen LogP contribution in [0.2, 0.25) is 5.02 Å². The lowest BCUT2D eigenvalue weighted by molar-refractivity contribution is -0.137. The number of sulfonamides is 1. The molecule has 0 unspecified atom stereocenters. The van der Waals surface area contributed by atoms with E-state index < -0.39 is 39.3 Å². The number of benzene rings is 1. The average molecular weight is 487 g/mol. The summed E-state index contributed by atoms with van der Waals surface area (Å²) < 4.78 is 65.0. The molecular formula is C20H18ClF3N4O3S. The second kappa shape index (κ2) is 9.34. The third-order valence-corrected chi connectivity index (χ3v) is 6.51. The van der Waals surface area contributed by atoms with E-state index in [9.17, 15) is 26.4 Å². The molecular weight excluding hydrogens is 469 g/mol. The van der Waals surface area contributed by atoms with Crippen LogP contribution in [0.4, 0.5) is 19.0 Å². The number of hydrogen-bond acceptors (Lipinski definition) is 6. The molecule has 1 amide bonds. The number of nitriles is 1. The number of hydrogen-bond donors (Lipinski definition) is 1. The van der Waals surface area contributed by atoms with Gasteiger partial charge >= 0.3 is 6.18 Å². The number of rotatable bonds is 5. The van der Waals surface area contributed by atoms with Gasteiger partial charge in [-0.3, -0.25) is 9.52 Å². The van der Waals surface area contributed by atoms with Gasteiger partial charge in [-0.2, -0.15) is 18.4 Å². The molecule has 0 saturated carbocycles. The molecule has 1 aliphatic heterocycles. The van der Waals surface area contributed by atoms with Gasteiger partial charge in [0.05, 0.1) is 28.0 Å². The molecule has 170 valence electrons. The number of alkyl halides is 3. The summed E-state index contributed by atoms with van der Waals surface area (Å²) in [6.07, 6.45) is -3.27. The van der Waals surface area contributed by atoms with Crippen molar-refractivity contribution in [3.05, 3.63) is 58.2 Å². The van der Waals surface area contributed by atoms with Crippen molar-refractivity contribution in [2.45, 2.75) is 24.8 Å². The zero-order valence-corrected chi connectivity index (χ0v) is 18.1. The standard InChI is InChI=1S/C20H18ClF3N4O3S/c21-17-9-16(20(22,23)24)11-26-18(17)28-7-5-15(6-8-28)19(29)27-32(30,31)12-14-3-1-13(10-25)2-4-14/h1-4,9,11,15H,5-8,12H2,(H,27,29). The lowest BCUT2D eigenvalue weighted by atomic mass is 9.96. The van der Waals surface area contributed by atoms with Gasteiger partial charge in [0.15, 0.2) is 0 Å². The minimum Gasteiger partial charge on any atom is -0.355 e. The first kappa shape index (κ1) is 23.8. The second-order valence-electron chi connectivity index (χ2n) is 7.32. The van der Waals surface area contributed by atoms with E-state index in [1.165, 1.54) is 24.3 Å². The van der Waals surface area contributed by atoms with Crippen LogP contribution in [-0.2, 0) is 26.7 Å². The van der Waals surface area contributed by atoms with Crippen molar-refractivity contribution in [2.75, 3.05) is 18.0 Å². The Labute approximate surface area is 187 Å². The average Bonchev–Trinajstić information content (AvgIpc) is 2.73. The van der Waals surface area contributed by atoms with Crippen LogP contribution in [-0.4, -0.2) is 32.4 Å². The van der Waals surface area contributed by atoms with E-state index in [-0.39, 0.29) is 36.8 Å². The van der Waals surface area contributed by atoms with Crippen LogP contribution in [0.3, 0.4) is 0 Å². The van der Waals surface area contributed by atoms with E-state index in [0.29, 0.717) is 17.3 Å². The van der Waals surface area contributed by atoms with E-state index in [2.05, 4.69) is 9.71 Å². The SMILES string of the molecule is N#Cc1ccc(CS(=O)(=O)NC(=O)C2CCN(c3ncc(C(F)(F)F)cc3Cl)CC2)cc1. The van der Waals surface area contributed by atoms with Crippen molar-refractivity contribution in [3.63, 3.8) is 0 Å². The molecule has 1 aromatic heterocycles. The molecule has 1 saturated heterocycles. The maximum Gasteiger partial charge on any atom is 0.417 e. The van der Waals surface area contributed by atoms with Crippen LogP contribution in [0.25, 0.3) is 0 Å². The van der Waals surface area contributed by atoms with Crippen molar-refractivity contribution >= 4 is 33.3 Å². The molecule has 2 aromatic rings. The first-order chi connectivity index (χ1) is 15.0. The van der Waals surface area contributed by atoms with Crippen LogP contribution in [0.15, 0.2) is 36.5 Å². The second-order valence-corrected chi connectivity index (χ2v) is 9.45. The van der Waals surface area contributed by atoms with Gasteiger partial charge in [-0.25, -0.2) is 13.4 Å². The Kier molecular flexibility index (Phi) is 6.95. The van der Waals surface area contributed by atoms with Gasteiger partial charge in [-0.05, 0) is 36.6 Å². The fraction of sp³-hybridized carbons (Fsp3) is 0.350. The molecule has 12 heteroatoms. The molecule has 0 radical (unpaired) electrons. The Bertz CT molecular complexity index is 1140. The minimum absolute atomic E-state index is 0.146. The summed E-state index contributed by atoms with van der Waals surface area (Å²) in [5.41, 5.74) is -0.125. The third-order valence-electron chi connectivity index (χ3n) is 5.01. The molecule has 0 atom stereocenters. The van der Waals surface area contributed by atoms with Crippen molar-refractivity contribution < 1.29 is 26.4 Å². The minimum atomic E-state index is -4.55. The van der Waals surface area contributed by atoms with Crippen LogP contribution in [0, 0.1) is 17.2 Å². The largest absolute Gasteiger partial charge is 0.417 e. The molecule has 2 heterocycles. The summed E-state index contributed by atoms with van der Waals surface area (Å²) in [5, 5.41) is 8.64. The summed E-state index contributed by atoms with van der Waals surface area (Å²) in [6.45, 7) is 0.567. The molecule has 32 heavy (non-hydrogen) atoms. The molecule has 1 aliphatic rings. The summed E-state index contributed by atoms with van der Waals surface area (Å²) in [5.74, 6) is -1.43. The van der Waals surface area contributed by atoms with E-state index in [4.69, 9.17) is 16.9 Å². The summed E-state index contributed by atoms with van der Waals surface area (Å²) in [4.78, 5) is 17.9. The van der Waals surface area contributed by atoms with Gasteiger partial charge in [0.2, 0.25) is 15.9 Å². The van der Waals surface area contributed by atoms with E-state index >= 15 is 0 Å². The zero-order valence-electron chi connectivity index (χ0n) is 16.6. The van der Waals surface area contributed by atoms with Crippen molar-refractivity contribution in [1.82, 2.24) is 9.71 Å². The van der Waals surface area contributed by atoms with Crippen molar-refractivity contribution in [1.29, 1.82) is 5.26 Å². The Morgan fingerprint density at radius 2 is 1.88 bits per heavy atom. The summed E-state index contributed by atoms with van der Waals surface area (Å²) in [6, 6.07) is 8.72. The number of amides is 1. The fourth-order valence-corrected chi connectivity index (χ4v) is 4.80. The number of halogens is 4. The third kappa shape index (κ3) is 5.89. The van der Waals surface area contributed by atoms with Gasteiger partial charge in [0.1, 0.15) is 5.82 Å². The molecule has 1 N–H and O–H groups in total. The highest BCUT2D eigenvalue weighted by molar-refractivity contribution is 7.89. The van der Waals surface area contributed by atoms with Crippen LogP contribution in [0.1, 0.15) is 29.5 Å². The Morgan fingerprint density at radius 1 is 1.25 bits per heavy atom. The van der Waals surface area contributed by atoms with Crippen LogP contribution < -0.4 is 9.62 Å². The number of anilines is 1. The molecule has 7 nitrogen and oxygen atoms in total. The smallest absolute Gasteiger partial charge is 0.355 e. The number of nitrogens with zero attached hydrogens (tertiary/aromatic N) is 3. The predicted octanol–water partition coefficient (Wildman–Crippen LogP) is 3.49. The lowest BCUT2D eigenvalue weighted by Gasteiger charge is -2.32. The van der Waals surface area contributed by atoms with Crippen LogP contribution in [0.5, 0.6) is 0 Å². The topological polar surface area (TPSA) is 103 Å². The molecule has 0 bridgehead atoms. The number of carbonyl (C=O) groups is 1. The molecule has 3 rings (SSSR count). The highest BCUT2D eigenvalue weighted by atomic mass is 35.5. The van der Waals surface area contributed by atoms with Crippen molar-refractivity contribution in [2.24, 2.45) is 5.92 Å². The van der Waals surface area contributed by atoms with Gasteiger partial charge < -0.3 is 4.90 Å². The number of pyridine rings is 1. The van der Waals surface area contributed by atoms with Crippen molar-refractivity contribution in [3.8, 4) is 6.07 Å². The maximum absolute atomic E-state index is 12.8. The fourth-order valence-electron chi connectivity index (χ4n) is 3.34. The predicted molar refractivity (Wildman–Crippen MR) is 111 cm³/mol. The monoisotopic (exact) mass is 486 g/mol. The quantitative estimate of drug-likeness (QED) is 0.694. The normalized spacial score (nSPS) is 15.3. The zero-order chi connectivity index (χ0) is 23.5. The number of aromatic nitrogens is 1. The summed E-state index contributed by atoms with van der Waals surface area (Å²) in [7, 11) is -3.93. The summed E-state index contributed by atoms with van der Waals surface area (Å²) >= 11 is 5.97. The van der Waals surface area contributed by atoms with E-state index in [1.807, 2.05) is 6.07 Å². The van der Waals surface area contributed by atoms with Gasteiger partial charge in [-0.1, -0.05) is 23.7 Å². The van der Waals surface area contributed by atoms with Gasteiger partial charge in [0, 0.05) is 25.2 Å². The Morgan fingerprint density at radius 3 is 2.41 bits per heavy atom. The van der Waals surface area contributed by atoms with Gasteiger partial charge in [0.25, 0.3) is 0 Å². The van der Waals surface area contributed by atoms with Gasteiger partial charge in [-0.15, -0.1) is 0 Å². The molecule has 0 aliphatic carbocycles. The first-order valence-corrected chi connectivity index (χ1v) is 11.5. The molecule has 0 spiro atoms. The first-order valence-electron chi connectivity index (χ1n) is 9.49. The maximum atomic E-state index is 12.8. The molecule has 1 aromatic carbocycles. The number of carbonyl (C=O) groups excluding carboxylic acids is 1. The lowest BCUT2D eigenvalue weighted by Crippen LogP contribution is -2.43. The molecule has 1 fully saturated rings. The Hall–Kier alpha value is -2.84. The number of piperidine rings is 1. The Balaban J connectivity index is 1.57. The highest BCUT2D eigenvalue weighted by Crippen LogP contribution is 2.34. The number of nitrogens with one attached hydrogen (secondary N) is 1. The van der Waals surface area contributed by atoms with E-state index in [0.717, 1.165) is 6.07 Å².